The number of halogens is 1. The van der Waals surface area contributed by atoms with Crippen LogP contribution >= 0.6 is 0 Å². The average molecular weight is 330 g/mol. The molecule has 7 heteroatoms. The number of benzene rings is 1. The molecule has 0 spiro atoms. The summed E-state index contributed by atoms with van der Waals surface area (Å²) in [6.45, 7) is 1.84. The van der Waals surface area contributed by atoms with Crippen molar-refractivity contribution in [1.82, 2.24) is 19.9 Å². The van der Waals surface area contributed by atoms with Crippen molar-refractivity contribution in [2.45, 2.75) is 38.0 Å². The highest BCUT2D eigenvalue weighted by Crippen LogP contribution is 2.30. The zero-order valence-electron chi connectivity index (χ0n) is 13.3. The summed E-state index contributed by atoms with van der Waals surface area (Å²) >= 11 is 0. The van der Waals surface area contributed by atoms with Crippen LogP contribution in [0.3, 0.4) is 0 Å². The minimum absolute atomic E-state index is 0.0415. The number of hydrogen-bond donors (Lipinski definition) is 0. The van der Waals surface area contributed by atoms with Crippen molar-refractivity contribution in [3.05, 3.63) is 47.5 Å². The third-order valence-corrected chi connectivity index (χ3v) is 4.82. The molecule has 3 heterocycles. The van der Waals surface area contributed by atoms with E-state index in [1.807, 2.05) is 9.58 Å². The van der Waals surface area contributed by atoms with Crippen molar-refractivity contribution >= 4 is 5.91 Å². The van der Waals surface area contributed by atoms with Gasteiger partial charge in [-0.2, -0.15) is 0 Å². The van der Waals surface area contributed by atoms with Crippen LogP contribution in [0.5, 0.6) is 0 Å². The van der Waals surface area contributed by atoms with Gasteiger partial charge in [0.05, 0.1) is 30.6 Å². The highest BCUT2D eigenvalue weighted by Gasteiger charge is 2.37. The Morgan fingerprint density at radius 1 is 1.33 bits per heavy atom. The molecular weight excluding hydrogens is 311 g/mol. The molecule has 1 aromatic carbocycles. The fourth-order valence-corrected chi connectivity index (χ4v) is 3.47. The van der Waals surface area contributed by atoms with Gasteiger partial charge in [-0.15, -0.1) is 5.10 Å². The molecule has 2 aliphatic heterocycles. The predicted octanol–water partition coefficient (Wildman–Crippen LogP) is 1.72. The summed E-state index contributed by atoms with van der Waals surface area (Å²) < 4.78 is 20.7. The Hall–Kier alpha value is -2.28. The van der Waals surface area contributed by atoms with E-state index in [4.69, 9.17) is 4.74 Å². The molecule has 1 amide bonds. The van der Waals surface area contributed by atoms with Crippen LogP contribution in [0, 0.1) is 5.82 Å². The monoisotopic (exact) mass is 330 g/mol. The normalized spacial score (nSPS) is 22.8. The lowest BCUT2D eigenvalue weighted by atomic mass is 9.99. The lowest BCUT2D eigenvalue weighted by Gasteiger charge is -2.41. The van der Waals surface area contributed by atoms with Crippen LogP contribution < -0.4 is 0 Å². The maximum absolute atomic E-state index is 12.9. The van der Waals surface area contributed by atoms with Gasteiger partial charge in [-0.25, -0.2) is 9.07 Å². The summed E-state index contributed by atoms with van der Waals surface area (Å²) in [4.78, 5) is 14.4. The summed E-state index contributed by atoms with van der Waals surface area (Å²) in [5, 5.41) is 8.10. The Labute approximate surface area is 139 Å². The van der Waals surface area contributed by atoms with Gasteiger partial charge in [0.2, 0.25) is 5.91 Å². The van der Waals surface area contributed by atoms with Gasteiger partial charge >= 0.3 is 0 Å². The van der Waals surface area contributed by atoms with Gasteiger partial charge in [0.15, 0.2) is 0 Å². The van der Waals surface area contributed by atoms with E-state index in [2.05, 4.69) is 10.3 Å². The SMILES string of the molecule is O=C(CCc1ccc(F)cc1)N1CCC2OCc3cnnn3C2C1. The maximum atomic E-state index is 12.9. The van der Waals surface area contributed by atoms with Gasteiger partial charge in [-0.1, -0.05) is 17.3 Å². The number of nitrogens with zero attached hydrogens (tertiary/aromatic N) is 4. The van der Waals surface area contributed by atoms with Gasteiger partial charge < -0.3 is 9.64 Å². The predicted molar refractivity (Wildman–Crippen MR) is 83.6 cm³/mol. The molecule has 2 aromatic rings. The van der Waals surface area contributed by atoms with Crippen LogP contribution in [0.15, 0.2) is 30.5 Å². The lowest BCUT2D eigenvalue weighted by Crippen LogP contribution is -2.49. The third-order valence-electron chi connectivity index (χ3n) is 4.82. The lowest BCUT2D eigenvalue weighted by molar-refractivity contribution is -0.138. The van der Waals surface area contributed by atoms with E-state index < -0.39 is 0 Å². The molecule has 1 aromatic heterocycles. The second kappa shape index (κ2) is 6.32. The van der Waals surface area contributed by atoms with Crippen LogP contribution in [0.25, 0.3) is 0 Å². The topological polar surface area (TPSA) is 60.3 Å². The van der Waals surface area contributed by atoms with Crippen LogP contribution in [-0.2, 0) is 22.6 Å². The average Bonchev–Trinajstić information content (AvgIpc) is 3.09. The number of ether oxygens (including phenoxy) is 1. The van der Waals surface area contributed by atoms with Crippen LogP contribution in [0.4, 0.5) is 4.39 Å². The maximum Gasteiger partial charge on any atom is 0.222 e. The van der Waals surface area contributed by atoms with E-state index in [0.29, 0.717) is 32.5 Å². The van der Waals surface area contributed by atoms with E-state index in [-0.39, 0.29) is 23.9 Å². The zero-order valence-corrected chi connectivity index (χ0v) is 13.3. The minimum atomic E-state index is -0.256. The second-order valence-electron chi connectivity index (χ2n) is 6.34. The summed E-state index contributed by atoms with van der Waals surface area (Å²) in [5.41, 5.74) is 1.93. The number of carbonyl (C=O) groups excluding carboxylic acids is 1. The smallest absolute Gasteiger partial charge is 0.222 e. The minimum Gasteiger partial charge on any atom is -0.370 e. The molecule has 126 valence electrons. The molecule has 24 heavy (non-hydrogen) atoms. The second-order valence-corrected chi connectivity index (χ2v) is 6.34. The Morgan fingerprint density at radius 3 is 3.00 bits per heavy atom. The number of carbonyl (C=O) groups is 1. The summed E-state index contributed by atoms with van der Waals surface area (Å²) in [7, 11) is 0. The molecular formula is C17H19FN4O2. The van der Waals surface area contributed by atoms with Crippen molar-refractivity contribution in [3.8, 4) is 0 Å². The highest BCUT2D eigenvalue weighted by atomic mass is 19.1. The first-order chi connectivity index (χ1) is 11.7. The first-order valence-electron chi connectivity index (χ1n) is 8.23. The van der Waals surface area contributed by atoms with Gasteiger partial charge in [0.1, 0.15) is 5.82 Å². The zero-order chi connectivity index (χ0) is 16.5. The molecule has 1 saturated heterocycles. The Kier molecular flexibility index (Phi) is 4.02. The first kappa shape index (κ1) is 15.3. The first-order valence-corrected chi connectivity index (χ1v) is 8.23. The summed E-state index contributed by atoms with van der Waals surface area (Å²) in [6, 6.07) is 6.35. The fraction of sp³-hybridized carbons (Fsp3) is 0.471. The van der Waals surface area contributed by atoms with Crippen molar-refractivity contribution in [1.29, 1.82) is 0 Å². The van der Waals surface area contributed by atoms with E-state index >= 15 is 0 Å². The number of fused-ring (bicyclic) bond motifs is 3. The molecule has 4 rings (SSSR count). The van der Waals surface area contributed by atoms with Crippen molar-refractivity contribution in [3.63, 3.8) is 0 Å². The molecule has 0 bridgehead atoms. The fourth-order valence-electron chi connectivity index (χ4n) is 3.47. The van der Waals surface area contributed by atoms with Gasteiger partial charge in [-0.05, 0) is 30.5 Å². The number of amides is 1. The largest absolute Gasteiger partial charge is 0.370 e. The number of aromatic nitrogens is 3. The van der Waals surface area contributed by atoms with Gasteiger partial charge in [0, 0.05) is 19.5 Å². The molecule has 6 nitrogen and oxygen atoms in total. The Morgan fingerprint density at radius 2 is 2.17 bits per heavy atom. The van der Waals surface area contributed by atoms with E-state index in [9.17, 15) is 9.18 Å². The molecule has 0 N–H and O–H groups in total. The molecule has 2 atom stereocenters. The van der Waals surface area contributed by atoms with Crippen molar-refractivity contribution < 1.29 is 13.9 Å². The molecule has 0 saturated carbocycles. The van der Waals surface area contributed by atoms with Crippen LogP contribution in [0.1, 0.15) is 30.1 Å². The van der Waals surface area contributed by atoms with E-state index in [1.165, 1.54) is 12.1 Å². The van der Waals surface area contributed by atoms with E-state index in [0.717, 1.165) is 17.7 Å². The van der Waals surface area contributed by atoms with E-state index in [1.54, 1.807) is 18.3 Å². The highest BCUT2D eigenvalue weighted by molar-refractivity contribution is 5.76. The summed E-state index contributed by atoms with van der Waals surface area (Å²) in [5.74, 6) is -0.141. The quantitative estimate of drug-likeness (QED) is 0.860. The molecule has 0 aliphatic carbocycles. The number of likely N-dealkylation sites (tertiary alicyclic amines) is 1. The standard InChI is InChI=1S/C17H19FN4O2/c18-13-4-1-12(2-5-13)3-6-17(23)21-8-7-16-15(10-21)22-14(11-24-16)9-19-20-22/h1-2,4-5,9,15-16H,3,6-8,10-11H2. The van der Waals surface area contributed by atoms with Crippen molar-refractivity contribution in [2.24, 2.45) is 0 Å². The number of piperidine rings is 1. The van der Waals surface area contributed by atoms with Crippen LogP contribution in [0.2, 0.25) is 0 Å². The van der Waals surface area contributed by atoms with Gasteiger partial charge in [0.25, 0.3) is 0 Å². The Balaban J connectivity index is 1.39. The van der Waals surface area contributed by atoms with Crippen molar-refractivity contribution in [2.75, 3.05) is 13.1 Å². The number of aryl methyl sites for hydroxylation is 1. The molecule has 0 radical (unpaired) electrons. The number of hydrogen-bond acceptors (Lipinski definition) is 4. The molecule has 1 fully saturated rings. The van der Waals surface area contributed by atoms with Gasteiger partial charge in [-0.3, -0.25) is 4.79 Å². The molecule has 2 unspecified atom stereocenters. The van der Waals surface area contributed by atoms with Crippen LogP contribution in [-0.4, -0.2) is 45.0 Å². The summed E-state index contributed by atoms with van der Waals surface area (Å²) in [6.07, 6.45) is 3.67. The number of rotatable bonds is 3. The molecule has 2 aliphatic rings. The third kappa shape index (κ3) is 2.91. The Bertz CT molecular complexity index is 730.